The second kappa shape index (κ2) is 8.74. The van der Waals surface area contributed by atoms with Crippen molar-refractivity contribution in [2.45, 2.75) is 22.3 Å². The maximum Gasteiger partial charge on any atom is 0.264 e. The van der Waals surface area contributed by atoms with Crippen molar-refractivity contribution in [3.63, 3.8) is 0 Å². The van der Waals surface area contributed by atoms with Crippen LogP contribution in [0.3, 0.4) is 0 Å². The van der Waals surface area contributed by atoms with Crippen molar-refractivity contribution in [1.82, 2.24) is 15.0 Å². The van der Waals surface area contributed by atoms with Crippen molar-refractivity contribution in [3.05, 3.63) is 67.0 Å². The summed E-state index contributed by atoms with van der Waals surface area (Å²) in [5, 5.41) is 2.68. The summed E-state index contributed by atoms with van der Waals surface area (Å²) in [4.78, 5) is 24.6. The van der Waals surface area contributed by atoms with Gasteiger partial charge in [-0.2, -0.15) is 0 Å². The van der Waals surface area contributed by atoms with Gasteiger partial charge in [0.05, 0.1) is 10.1 Å². The average molecular weight is 456 g/mol. The third-order valence-electron chi connectivity index (χ3n) is 4.14. The zero-order chi connectivity index (χ0) is 21.8. The molecule has 11 heteroatoms. The summed E-state index contributed by atoms with van der Waals surface area (Å²) in [5.41, 5.74) is 1.85. The summed E-state index contributed by atoms with van der Waals surface area (Å²) in [5.74, 6) is -0.288. The summed E-state index contributed by atoms with van der Waals surface area (Å²) >= 11 is 1.20. The van der Waals surface area contributed by atoms with Crippen LogP contribution in [0.2, 0.25) is 0 Å². The standard InChI is InChI=1S/C20H17N5O4S2/c1-13(30-20-24-16-5-2-3-6-17(16)29-20)18(26)23-14-7-9-15(10-8-14)31(27,28)25-19-21-11-4-12-22-19/h2-13H,1H3,(H,23,26)(H,21,22,25). The molecular formula is C20H17N5O4S2. The molecule has 4 rings (SSSR count). The summed E-state index contributed by atoms with van der Waals surface area (Å²) in [6, 6.07) is 14.7. The zero-order valence-electron chi connectivity index (χ0n) is 16.2. The molecule has 2 heterocycles. The molecular weight excluding hydrogens is 438 g/mol. The molecule has 0 saturated heterocycles. The maximum absolute atomic E-state index is 12.5. The number of nitrogens with zero attached hydrogens (tertiary/aromatic N) is 3. The van der Waals surface area contributed by atoms with Gasteiger partial charge in [-0.05, 0) is 49.4 Å². The zero-order valence-corrected chi connectivity index (χ0v) is 17.9. The summed E-state index contributed by atoms with van der Waals surface area (Å²) in [7, 11) is -3.84. The predicted octanol–water partition coefficient (Wildman–Crippen LogP) is 3.54. The molecule has 0 aliphatic rings. The van der Waals surface area contributed by atoms with E-state index in [9.17, 15) is 13.2 Å². The first kappa shape index (κ1) is 20.8. The molecule has 4 aromatic rings. The van der Waals surface area contributed by atoms with E-state index >= 15 is 0 Å². The number of rotatable bonds is 7. The largest absolute Gasteiger partial charge is 0.431 e. The first-order chi connectivity index (χ1) is 14.9. The molecule has 158 valence electrons. The summed E-state index contributed by atoms with van der Waals surface area (Å²) < 4.78 is 32.8. The van der Waals surface area contributed by atoms with Crippen LogP contribution in [0.25, 0.3) is 11.1 Å². The molecule has 1 atom stereocenters. The monoisotopic (exact) mass is 455 g/mol. The molecule has 0 fully saturated rings. The minimum absolute atomic E-state index is 0.0202. The van der Waals surface area contributed by atoms with Crippen LogP contribution in [-0.2, 0) is 14.8 Å². The Balaban J connectivity index is 1.39. The summed E-state index contributed by atoms with van der Waals surface area (Å²) in [6.07, 6.45) is 2.87. The Morgan fingerprint density at radius 2 is 1.74 bits per heavy atom. The lowest BCUT2D eigenvalue weighted by atomic mass is 10.3. The van der Waals surface area contributed by atoms with Gasteiger partial charge in [0.15, 0.2) is 5.58 Å². The van der Waals surface area contributed by atoms with Crippen LogP contribution in [0.1, 0.15) is 6.92 Å². The number of aromatic nitrogens is 3. The molecule has 0 saturated carbocycles. The number of para-hydroxylation sites is 2. The lowest BCUT2D eigenvalue weighted by Gasteiger charge is -2.11. The second-order valence-corrected chi connectivity index (χ2v) is 9.37. The number of hydrogen-bond acceptors (Lipinski definition) is 8. The SMILES string of the molecule is CC(Sc1nc2ccccc2o1)C(=O)Nc1ccc(S(=O)(=O)Nc2ncccn2)cc1. The van der Waals surface area contributed by atoms with Gasteiger partial charge in [-0.15, -0.1) is 0 Å². The minimum atomic E-state index is -3.84. The van der Waals surface area contributed by atoms with Crippen molar-refractivity contribution < 1.29 is 17.6 Å². The fourth-order valence-electron chi connectivity index (χ4n) is 2.60. The Bertz CT molecular complexity index is 1280. The molecule has 0 radical (unpaired) electrons. The van der Waals surface area contributed by atoms with Crippen LogP contribution in [0.4, 0.5) is 11.6 Å². The number of thioether (sulfide) groups is 1. The minimum Gasteiger partial charge on any atom is -0.431 e. The van der Waals surface area contributed by atoms with Gasteiger partial charge in [0.2, 0.25) is 11.9 Å². The van der Waals surface area contributed by atoms with Crippen LogP contribution in [0.5, 0.6) is 0 Å². The second-order valence-electron chi connectivity index (χ2n) is 6.40. The van der Waals surface area contributed by atoms with E-state index in [0.29, 0.717) is 16.5 Å². The third kappa shape index (κ3) is 5.01. The van der Waals surface area contributed by atoms with Crippen molar-refractivity contribution in [3.8, 4) is 0 Å². The molecule has 2 N–H and O–H groups in total. The Hall–Kier alpha value is -3.44. The number of hydrogen-bond donors (Lipinski definition) is 2. The van der Waals surface area contributed by atoms with E-state index in [-0.39, 0.29) is 16.8 Å². The molecule has 0 bridgehead atoms. The van der Waals surface area contributed by atoms with Crippen LogP contribution >= 0.6 is 11.8 Å². The Morgan fingerprint density at radius 3 is 2.45 bits per heavy atom. The smallest absolute Gasteiger partial charge is 0.264 e. The van der Waals surface area contributed by atoms with Gasteiger partial charge in [0, 0.05) is 18.1 Å². The highest BCUT2D eigenvalue weighted by Gasteiger charge is 2.19. The highest BCUT2D eigenvalue weighted by atomic mass is 32.2. The van der Waals surface area contributed by atoms with Crippen LogP contribution in [-0.4, -0.2) is 34.5 Å². The highest BCUT2D eigenvalue weighted by Crippen LogP contribution is 2.27. The van der Waals surface area contributed by atoms with Crippen molar-refractivity contribution in [1.29, 1.82) is 0 Å². The van der Waals surface area contributed by atoms with Gasteiger partial charge >= 0.3 is 0 Å². The number of fused-ring (bicyclic) bond motifs is 1. The molecule has 9 nitrogen and oxygen atoms in total. The Kier molecular flexibility index (Phi) is 5.87. The van der Waals surface area contributed by atoms with Crippen molar-refractivity contribution in [2.24, 2.45) is 0 Å². The number of nitrogens with one attached hydrogen (secondary N) is 2. The molecule has 2 aromatic carbocycles. The van der Waals surface area contributed by atoms with E-state index in [1.54, 1.807) is 13.0 Å². The highest BCUT2D eigenvalue weighted by molar-refractivity contribution is 8.00. The molecule has 31 heavy (non-hydrogen) atoms. The topological polar surface area (TPSA) is 127 Å². The number of amides is 1. The van der Waals surface area contributed by atoms with Gasteiger partial charge in [0.1, 0.15) is 5.52 Å². The lowest BCUT2D eigenvalue weighted by Crippen LogP contribution is -2.22. The van der Waals surface area contributed by atoms with E-state index in [0.717, 1.165) is 5.52 Å². The fraction of sp³-hybridized carbons (Fsp3) is 0.100. The van der Waals surface area contributed by atoms with E-state index in [1.165, 1.54) is 48.4 Å². The molecule has 0 spiro atoms. The number of carbonyl (C=O) groups is 1. The molecule has 0 aliphatic heterocycles. The van der Waals surface area contributed by atoms with Gasteiger partial charge < -0.3 is 9.73 Å². The number of anilines is 2. The van der Waals surface area contributed by atoms with Gasteiger partial charge in [-0.1, -0.05) is 23.9 Å². The maximum atomic E-state index is 12.5. The number of oxazole rings is 1. The Labute approximate surface area is 182 Å². The van der Waals surface area contributed by atoms with E-state index in [1.807, 2.05) is 24.3 Å². The van der Waals surface area contributed by atoms with Gasteiger partial charge in [-0.3, -0.25) is 4.79 Å². The summed E-state index contributed by atoms with van der Waals surface area (Å²) in [6.45, 7) is 1.73. The average Bonchev–Trinajstić information content (AvgIpc) is 3.17. The fourth-order valence-corrected chi connectivity index (χ4v) is 4.31. The number of carbonyl (C=O) groups excluding carboxylic acids is 1. The van der Waals surface area contributed by atoms with Crippen molar-refractivity contribution >= 4 is 50.4 Å². The first-order valence-corrected chi connectivity index (χ1v) is 11.5. The van der Waals surface area contributed by atoms with Gasteiger partial charge in [-0.25, -0.2) is 28.1 Å². The predicted molar refractivity (Wildman–Crippen MR) is 117 cm³/mol. The first-order valence-electron chi connectivity index (χ1n) is 9.14. The molecule has 1 amide bonds. The number of benzene rings is 2. The molecule has 2 aromatic heterocycles. The van der Waals surface area contributed by atoms with E-state index in [2.05, 4.69) is 25.0 Å². The lowest BCUT2D eigenvalue weighted by molar-refractivity contribution is -0.115. The van der Waals surface area contributed by atoms with Crippen molar-refractivity contribution in [2.75, 3.05) is 10.0 Å². The normalized spacial score (nSPS) is 12.4. The quantitative estimate of drug-likeness (QED) is 0.405. The molecule has 1 unspecified atom stereocenters. The van der Waals surface area contributed by atoms with Crippen LogP contribution in [0.15, 0.2) is 81.5 Å². The Morgan fingerprint density at radius 1 is 1.03 bits per heavy atom. The number of sulfonamides is 1. The van der Waals surface area contributed by atoms with Gasteiger partial charge in [0.25, 0.3) is 15.2 Å². The van der Waals surface area contributed by atoms with E-state index < -0.39 is 15.3 Å². The van der Waals surface area contributed by atoms with E-state index in [4.69, 9.17) is 4.42 Å². The van der Waals surface area contributed by atoms with Crippen LogP contribution in [0, 0.1) is 0 Å². The van der Waals surface area contributed by atoms with Crippen LogP contribution < -0.4 is 10.0 Å². The third-order valence-corrected chi connectivity index (χ3v) is 6.43. The molecule has 0 aliphatic carbocycles.